The smallest absolute Gasteiger partial charge is 0.307 e. The van der Waals surface area contributed by atoms with Gasteiger partial charge < -0.3 is 14.1 Å². The van der Waals surface area contributed by atoms with Crippen LogP contribution < -0.4 is 15.1 Å². The fourth-order valence-corrected chi connectivity index (χ4v) is 4.70. The van der Waals surface area contributed by atoms with Gasteiger partial charge >= 0.3 is 5.91 Å². The molecule has 4 rings (SSSR count). The zero-order chi connectivity index (χ0) is 23.0. The SMILES string of the molecule is CCN1c2cc(OC)c(/C=N/NC(=O)c3cc4cc(Br)ccc4o3)cc2C(C)=CC1(C)C. The summed E-state index contributed by atoms with van der Waals surface area (Å²) >= 11 is 3.42. The maximum Gasteiger partial charge on any atom is 0.307 e. The number of methoxy groups -OCH3 is 1. The van der Waals surface area contributed by atoms with Gasteiger partial charge in [0.15, 0.2) is 5.76 Å². The van der Waals surface area contributed by atoms with Gasteiger partial charge in [0, 0.05) is 39.3 Å². The van der Waals surface area contributed by atoms with E-state index in [1.165, 1.54) is 5.57 Å². The van der Waals surface area contributed by atoms with E-state index >= 15 is 0 Å². The van der Waals surface area contributed by atoms with Crippen molar-refractivity contribution in [3.8, 4) is 5.75 Å². The third-order valence-corrected chi connectivity index (χ3v) is 6.21. The summed E-state index contributed by atoms with van der Waals surface area (Å²) in [6.45, 7) is 9.55. The summed E-state index contributed by atoms with van der Waals surface area (Å²) in [5.41, 5.74) is 7.34. The van der Waals surface area contributed by atoms with Crippen LogP contribution in [0.2, 0.25) is 0 Å². The molecule has 1 aliphatic heterocycles. The molecule has 2 aromatic carbocycles. The van der Waals surface area contributed by atoms with Crippen molar-refractivity contribution in [2.45, 2.75) is 33.2 Å². The standard InChI is InChI=1S/C25H26BrN3O3/c1-6-29-20-12-22(31-5)17(10-19(20)15(2)13-25(29,3)4)14-27-28-24(30)23-11-16-9-18(26)7-8-21(16)32-23/h7-14H,6H2,1-5H3,(H,28,30)/b27-14+. The molecule has 166 valence electrons. The average Bonchev–Trinajstić information content (AvgIpc) is 3.16. The van der Waals surface area contributed by atoms with Gasteiger partial charge in [-0.05, 0) is 63.6 Å². The lowest BCUT2D eigenvalue weighted by Gasteiger charge is -2.43. The first-order valence-electron chi connectivity index (χ1n) is 10.5. The summed E-state index contributed by atoms with van der Waals surface area (Å²) in [4.78, 5) is 14.9. The lowest BCUT2D eigenvalue weighted by molar-refractivity contribution is 0.0929. The minimum absolute atomic E-state index is 0.0808. The summed E-state index contributed by atoms with van der Waals surface area (Å²) in [5.74, 6) is 0.479. The maximum absolute atomic E-state index is 12.5. The molecule has 0 saturated carbocycles. The second-order valence-corrected chi connectivity index (χ2v) is 9.24. The number of hydrogen-bond acceptors (Lipinski definition) is 5. The van der Waals surface area contributed by atoms with Crippen LogP contribution in [0.25, 0.3) is 16.5 Å². The molecule has 0 fully saturated rings. The van der Waals surface area contributed by atoms with E-state index in [-0.39, 0.29) is 11.3 Å². The van der Waals surface area contributed by atoms with Crippen LogP contribution >= 0.6 is 15.9 Å². The number of halogens is 1. The molecule has 1 N–H and O–H groups in total. The third kappa shape index (κ3) is 4.05. The number of hydrogen-bond donors (Lipinski definition) is 1. The Hall–Kier alpha value is -3.06. The highest BCUT2D eigenvalue weighted by molar-refractivity contribution is 9.10. The van der Waals surface area contributed by atoms with E-state index in [2.05, 4.69) is 65.1 Å². The van der Waals surface area contributed by atoms with Gasteiger partial charge in [-0.1, -0.05) is 22.0 Å². The summed E-state index contributed by atoms with van der Waals surface area (Å²) in [6.07, 6.45) is 3.87. The molecule has 1 aliphatic rings. The van der Waals surface area contributed by atoms with Crippen molar-refractivity contribution in [3.05, 3.63) is 63.8 Å². The van der Waals surface area contributed by atoms with Gasteiger partial charge in [0.05, 0.1) is 18.9 Å². The van der Waals surface area contributed by atoms with Gasteiger partial charge in [0.2, 0.25) is 0 Å². The number of nitrogens with zero attached hydrogens (tertiary/aromatic N) is 2. The zero-order valence-corrected chi connectivity index (χ0v) is 20.4. The molecule has 0 atom stereocenters. The largest absolute Gasteiger partial charge is 0.496 e. The third-order valence-electron chi connectivity index (χ3n) is 5.72. The zero-order valence-electron chi connectivity index (χ0n) is 18.8. The minimum atomic E-state index is -0.416. The van der Waals surface area contributed by atoms with E-state index in [0.29, 0.717) is 11.3 Å². The Bertz CT molecular complexity index is 1260. The molecule has 1 amide bonds. The molecule has 0 aliphatic carbocycles. The molecule has 1 aromatic heterocycles. The van der Waals surface area contributed by atoms with Crippen molar-refractivity contribution < 1.29 is 13.9 Å². The Morgan fingerprint density at radius 1 is 1.28 bits per heavy atom. The van der Waals surface area contributed by atoms with Crippen LogP contribution in [-0.2, 0) is 0 Å². The number of nitrogens with one attached hydrogen (secondary N) is 1. The predicted octanol–water partition coefficient (Wildman–Crippen LogP) is 5.99. The first kappa shape index (κ1) is 22.1. The van der Waals surface area contributed by atoms with Crippen molar-refractivity contribution in [1.29, 1.82) is 0 Å². The number of allylic oxidation sites excluding steroid dienone is 1. The summed E-state index contributed by atoms with van der Waals surface area (Å²) in [5, 5.41) is 4.99. The minimum Gasteiger partial charge on any atom is -0.496 e. The molecule has 0 radical (unpaired) electrons. The monoisotopic (exact) mass is 495 g/mol. The molecule has 0 saturated heterocycles. The van der Waals surface area contributed by atoms with Crippen LogP contribution in [0.5, 0.6) is 5.75 Å². The van der Waals surface area contributed by atoms with Crippen molar-refractivity contribution in [2.75, 3.05) is 18.6 Å². The lowest BCUT2D eigenvalue weighted by atomic mass is 9.88. The molecular weight excluding hydrogens is 470 g/mol. The second kappa shape index (κ2) is 8.47. The van der Waals surface area contributed by atoms with Gasteiger partial charge in [0.25, 0.3) is 0 Å². The number of fused-ring (bicyclic) bond motifs is 2. The van der Waals surface area contributed by atoms with Crippen LogP contribution in [0.1, 0.15) is 49.4 Å². The van der Waals surface area contributed by atoms with Gasteiger partial charge in [-0.15, -0.1) is 0 Å². The molecular formula is C25H26BrN3O3. The lowest BCUT2D eigenvalue weighted by Crippen LogP contribution is -2.44. The number of benzene rings is 2. The van der Waals surface area contributed by atoms with Crippen LogP contribution in [-0.4, -0.2) is 31.3 Å². The van der Waals surface area contributed by atoms with E-state index in [1.54, 1.807) is 19.4 Å². The van der Waals surface area contributed by atoms with Crippen LogP contribution in [0.3, 0.4) is 0 Å². The number of hydrazone groups is 1. The number of carbonyl (C=O) groups is 1. The van der Waals surface area contributed by atoms with Crippen molar-refractivity contribution >= 4 is 50.3 Å². The molecule has 0 bridgehead atoms. The van der Waals surface area contributed by atoms with Gasteiger partial charge in [-0.3, -0.25) is 4.79 Å². The van der Waals surface area contributed by atoms with Crippen LogP contribution in [0.4, 0.5) is 5.69 Å². The fourth-order valence-electron chi connectivity index (χ4n) is 4.32. The number of furan rings is 1. The first-order valence-corrected chi connectivity index (χ1v) is 11.2. The summed E-state index contributed by atoms with van der Waals surface area (Å²) in [6, 6.07) is 11.4. The average molecular weight is 496 g/mol. The normalized spacial score (nSPS) is 15.1. The molecule has 6 nitrogen and oxygen atoms in total. The topological polar surface area (TPSA) is 67.1 Å². The van der Waals surface area contributed by atoms with Gasteiger partial charge in [-0.25, -0.2) is 5.43 Å². The van der Waals surface area contributed by atoms with E-state index in [4.69, 9.17) is 9.15 Å². The fraction of sp³-hybridized carbons (Fsp3) is 0.280. The molecule has 3 aromatic rings. The van der Waals surface area contributed by atoms with E-state index in [1.807, 2.05) is 30.3 Å². The number of carbonyl (C=O) groups excluding carboxylic acids is 1. The van der Waals surface area contributed by atoms with Crippen LogP contribution in [0, 0.1) is 0 Å². The summed E-state index contributed by atoms with van der Waals surface area (Å²) in [7, 11) is 1.64. The Kier molecular flexibility index (Phi) is 5.86. The molecule has 2 heterocycles. The van der Waals surface area contributed by atoms with Gasteiger partial charge in [0.1, 0.15) is 11.3 Å². The molecule has 0 spiro atoms. The Labute approximate surface area is 196 Å². The van der Waals surface area contributed by atoms with E-state index in [9.17, 15) is 4.79 Å². The highest BCUT2D eigenvalue weighted by Gasteiger charge is 2.31. The first-order chi connectivity index (χ1) is 15.2. The molecule has 0 unspecified atom stereocenters. The number of anilines is 1. The van der Waals surface area contributed by atoms with Gasteiger partial charge in [-0.2, -0.15) is 5.10 Å². The quantitative estimate of drug-likeness (QED) is 0.348. The second-order valence-electron chi connectivity index (χ2n) is 8.33. The summed E-state index contributed by atoms with van der Waals surface area (Å²) < 4.78 is 12.2. The number of ether oxygens (including phenoxy) is 1. The van der Waals surface area contributed by atoms with Crippen molar-refractivity contribution in [2.24, 2.45) is 5.10 Å². The number of rotatable bonds is 5. The molecule has 32 heavy (non-hydrogen) atoms. The van der Waals surface area contributed by atoms with E-state index in [0.717, 1.165) is 33.2 Å². The Morgan fingerprint density at radius 2 is 2.06 bits per heavy atom. The van der Waals surface area contributed by atoms with E-state index < -0.39 is 5.91 Å². The Morgan fingerprint density at radius 3 is 2.78 bits per heavy atom. The number of likely N-dealkylation sites (N-methyl/N-ethyl adjacent to an activating group) is 1. The molecule has 7 heteroatoms. The Balaban J connectivity index is 1.60. The maximum atomic E-state index is 12.5. The number of amides is 1. The van der Waals surface area contributed by atoms with Crippen molar-refractivity contribution in [1.82, 2.24) is 5.43 Å². The van der Waals surface area contributed by atoms with Crippen molar-refractivity contribution in [3.63, 3.8) is 0 Å². The highest BCUT2D eigenvalue weighted by Crippen LogP contribution is 2.41. The van der Waals surface area contributed by atoms with Crippen LogP contribution in [0.15, 0.2) is 56.5 Å². The predicted molar refractivity (Wildman–Crippen MR) is 133 cm³/mol. The highest BCUT2D eigenvalue weighted by atomic mass is 79.9.